The molecule has 0 radical (unpaired) electrons. The SMILES string of the molecule is CCC(CC)CNC12CC3CC(CC(C3)C1)C2. The second kappa shape index (κ2) is 4.57. The number of hydrogen-bond donors (Lipinski definition) is 1. The molecule has 1 heteroatoms. The molecule has 4 bridgehead atoms. The van der Waals surface area contributed by atoms with Crippen LogP contribution in [-0.2, 0) is 0 Å². The van der Waals surface area contributed by atoms with Crippen molar-refractivity contribution in [2.45, 2.75) is 70.8 Å². The minimum atomic E-state index is 0.581. The zero-order valence-electron chi connectivity index (χ0n) is 11.7. The van der Waals surface area contributed by atoms with Gasteiger partial charge in [0.15, 0.2) is 0 Å². The number of rotatable bonds is 5. The van der Waals surface area contributed by atoms with Crippen LogP contribution in [0.25, 0.3) is 0 Å². The molecule has 1 N–H and O–H groups in total. The van der Waals surface area contributed by atoms with Gasteiger partial charge in [0.05, 0.1) is 0 Å². The van der Waals surface area contributed by atoms with Crippen molar-refractivity contribution in [3.63, 3.8) is 0 Å². The van der Waals surface area contributed by atoms with E-state index in [-0.39, 0.29) is 0 Å². The van der Waals surface area contributed by atoms with Gasteiger partial charge in [-0.1, -0.05) is 26.7 Å². The van der Waals surface area contributed by atoms with Crippen molar-refractivity contribution in [3.05, 3.63) is 0 Å². The molecule has 17 heavy (non-hydrogen) atoms. The maximum absolute atomic E-state index is 4.03. The molecule has 4 rings (SSSR count). The van der Waals surface area contributed by atoms with E-state index in [4.69, 9.17) is 0 Å². The summed E-state index contributed by atoms with van der Waals surface area (Å²) >= 11 is 0. The largest absolute Gasteiger partial charge is 0.311 e. The van der Waals surface area contributed by atoms with Gasteiger partial charge in [-0.15, -0.1) is 0 Å². The van der Waals surface area contributed by atoms with Crippen LogP contribution in [0, 0.1) is 23.7 Å². The molecule has 4 saturated carbocycles. The Kier molecular flexibility index (Phi) is 3.23. The molecule has 0 aromatic rings. The van der Waals surface area contributed by atoms with E-state index in [1.165, 1.54) is 38.6 Å². The van der Waals surface area contributed by atoms with Crippen molar-refractivity contribution < 1.29 is 0 Å². The van der Waals surface area contributed by atoms with Crippen LogP contribution in [0.4, 0.5) is 0 Å². The Hall–Kier alpha value is -0.0400. The summed E-state index contributed by atoms with van der Waals surface area (Å²) in [6.07, 6.45) is 11.9. The highest BCUT2D eigenvalue weighted by atomic mass is 15.0. The molecule has 0 spiro atoms. The van der Waals surface area contributed by atoms with Crippen LogP contribution in [0.5, 0.6) is 0 Å². The van der Waals surface area contributed by atoms with Gasteiger partial charge < -0.3 is 5.32 Å². The van der Waals surface area contributed by atoms with Gasteiger partial charge >= 0.3 is 0 Å². The first-order valence-corrected chi connectivity index (χ1v) is 7.98. The monoisotopic (exact) mass is 235 g/mol. The summed E-state index contributed by atoms with van der Waals surface area (Å²) in [4.78, 5) is 0. The van der Waals surface area contributed by atoms with Gasteiger partial charge in [-0.05, 0) is 68.7 Å². The van der Waals surface area contributed by atoms with Gasteiger partial charge in [-0.2, -0.15) is 0 Å². The lowest BCUT2D eigenvalue weighted by Crippen LogP contribution is -2.59. The molecule has 98 valence electrons. The summed E-state index contributed by atoms with van der Waals surface area (Å²) < 4.78 is 0. The summed E-state index contributed by atoms with van der Waals surface area (Å²) in [5, 5.41) is 4.03. The van der Waals surface area contributed by atoms with Crippen LogP contribution in [-0.4, -0.2) is 12.1 Å². The molecule has 0 aromatic carbocycles. The summed E-state index contributed by atoms with van der Waals surface area (Å²) in [5.74, 6) is 4.14. The summed E-state index contributed by atoms with van der Waals surface area (Å²) in [7, 11) is 0. The highest BCUT2D eigenvalue weighted by molar-refractivity contribution is 5.06. The van der Waals surface area contributed by atoms with Crippen molar-refractivity contribution in [1.82, 2.24) is 5.32 Å². The maximum Gasteiger partial charge on any atom is 0.0189 e. The first kappa shape index (κ1) is 12.0. The molecule has 1 nitrogen and oxygen atoms in total. The van der Waals surface area contributed by atoms with Gasteiger partial charge in [0.2, 0.25) is 0 Å². The number of nitrogens with one attached hydrogen (secondary N) is 1. The zero-order valence-corrected chi connectivity index (χ0v) is 11.7. The standard InChI is InChI=1S/C16H29N/c1-3-12(4-2)11-17-16-8-13-5-14(9-16)7-15(6-13)10-16/h12-15,17H,3-11H2,1-2H3. The first-order valence-electron chi connectivity index (χ1n) is 7.98. The van der Waals surface area contributed by atoms with Crippen LogP contribution in [0.15, 0.2) is 0 Å². The van der Waals surface area contributed by atoms with Crippen LogP contribution in [0.2, 0.25) is 0 Å². The van der Waals surface area contributed by atoms with Gasteiger partial charge in [0.25, 0.3) is 0 Å². The van der Waals surface area contributed by atoms with Crippen molar-refractivity contribution in [1.29, 1.82) is 0 Å². The summed E-state index contributed by atoms with van der Waals surface area (Å²) in [6.45, 7) is 5.96. The fraction of sp³-hybridized carbons (Fsp3) is 1.00. The minimum Gasteiger partial charge on any atom is -0.311 e. The lowest BCUT2D eigenvalue weighted by atomic mass is 9.53. The molecule has 0 heterocycles. The van der Waals surface area contributed by atoms with Crippen LogP contribution < -0.4 is 5.32 Å². The lowest BCUT2D eigenvalue weighted by Gasteiger charge is -2.57. The molecular weight excluding hydrogens is 206 g/mol. The Morgan fingerprint density at radius 3 is 1.82 bits per heavy atom. The summed E-state index contributed by atoms with van der Waals surface area (Å²) in [6, 6.07) is 0. The van der Waals surface area contributed by atoms with Gasteiger partial charge in [0.1, 0.15) is 0 Å². The van der Waals surface area contributed by atoms with E-state index < -0.39 is 0 Å². The van der Waals surface area contributed by atoms with Crippen molar-refractivity contribution in [2.24, 2.45) is 23.7 Å². The molecule has 4 aliphatic rings. The molecular formula is C16H29N. The molecule has 0 atom stereocenters. The second-order valence-electron chi connectivity index (χ2n) is 7.26. The van der Waals surface area contributed by atoms with Crippen molar-refractivity contribution in [2.75, 3.05) is 6.54 Å². The van der Waals surface area contributed by atoms with E-state index in [0.29, 0.717) is 5.54 Å². The maximum atomic E-state index is 4.03. The lowest BCUT2D eigenvalue weighted by molar-refractivity contribution is -0.0214. The molecule has 4 fully saturated rings. The quantitative estimate of drug-likeness (QED) is 0.760. The molecule has 4 aliphatic carbocycles. The molecule has 0 aromatic heterocycles. The van der Waals surface area contributed by atoms with E-state index in [2.05, 4.69) is 19.2 Å². The van der Waals surface area contributed by atoms with E-state index in [9.17, 15) is 0 Å². The average molecular weight is 235 g/mol. The Morgan fingerprint density at radius 1 is 0.941 bits per heavy atom. The third-order valence-electron chi connectivity index (χ3n) is 5.96. The topological polar surface area (TPSA) is 12.0 Å². The smallest absolute Gasteiger partial charge is 0.0189 e. The third-order valence-corrected chi connectivity index (χ3v) is 5.96. The summed E-state index contributed by atoms with van der Waals surface area (Å²) in [5.41, 5.74) is 0.581. The van der Waals surface area contributed by atoms with Crippen LogP contribution >= 0.6 is 0 Å². The Bertz CT molecular complexity index is 231. The van der Waals surface area contributed by atoms with E-state index in [1.54, 1.807) is 19.3 Å². The third kappa shape index (κ3) is 2.28. The Labute approximate surface area is 107 Å². The predicted molar refractivity (Wildman–Crippen MR) is 73.0 cm³/mol. The van der Waals surface area contributed by atoms with Crippen molar-refractivity contribution in [3.8, 4) is 0 Å². The average Bonchev–Trinajstić information content (AvgIpc) is 2.28. The molecule has 0 saturated heterocycles. The normalized spacial score (nSPS) is 43.6. The highest BCUT2D eigenvalue weighted by Gasteiger charge is 2.50. The van der Waals surface area contributed by atoms with E-state index in [1.807, 2.05) is 0 Å². The van der Waals surface area contributed by atoms with E-state index in [0.717, 1.165) is 23.7 Å². The fourth-order valence-electron chi connectivity index (χ4n) is 5.27. The molecule has 0 aliphatic heterocycles. The van der Waals surface area contributed by atoms with Gasteiger partial charge in [-0.25, -0.2) is 0 Å². The van der Waals surface area contributed by atoms with Crippen LogP contribution in [0.3, 0.4) is 0 Å². The Balaban J connectivity index is 1.62. The second-order valence-corrected chi connectivity index (χ2v) is 7.26. The van der Waals surface area contributed by atoms with Crippen LogP contribution in [0.1, 0.15) is 65.2 Å². The van der Waals surface area contributed by atoms with Crippen molar-refractivity contribution >= 4 is 0 Å². The molecule has 0 unspecified atom stereocenters. The predicted octanol–water partition coefficient (Wildman–Crippen LogP) is 3.98. The molecule has 0 amide bonds. The Morgan fingerprint density at radius 2 is 1.41 bits per heavy atom. The minimum absolute atomic E-state index is 0.581. The van der Waals surface area contributed by atoms with Gasteiger partial charge in [-0.3, -0.25) is 0 Å². The number of hydrogen-bond acceptors (Lipinski definition) is 1. The van der Waals surface area contributed by atoms with E-state index >= 15 is 0 Å². The first-order chi connectivity index (χ1) is 8.23. The highest BCUT2D eigenvalue weighted by Crippen LogP contribution is 2.55. The fourth-order valence-corrected chi connectivity index (χ4v) is 5.27. The van der Waals surface area contributed by atoms with Gasteiger partial charge in [0, 0.05) is 5.54 Å². The zero-order chi connectivity index (χ0) is 11.9.